The van der Waals surface area contributed by atoms with Crippen LogP contribution in [0.1, 0.15) is 22.2 Å². The number of hydrogen-bond acceptors (Lipinski definition) is 3. The molecule has 0 fully saturated rings. The van der Waals surface area contributed by atoms with Gasteiger partial charge in [0.15, 0.2) is 0 Å². The predicted molar refractivity (Wildman–Crippen MR) is 79.5 cm³/mol. The van der Waals surface area contributed by atoms with E-state index in [0.717, 1.165) is 12.1 Å². The number of carboxylic acids is 1. The van der Waals surface area contributed by atoms with E-state index in [1.807, 2.05) is 6.07 Å². The number of anilines is 1. The fourth-order valence-electron chi connectivity index (χ4n) is 1.84. The number of thiophene rings is 1. The number of benzene rings is 1. The second kappa shape index (κ2) is 6.08. The molecule has 0 amide bonds. The van der Waals surface area contributed by atoms with Crippen LogP contribution in [0.5, 0.6) is 0 Å². The molecule has 0 radical (unpaired) electrons. The van der Waals surface area contributed by atoms with Crippen molar-refractivity contribution in [2.45, 2.75) is 19.4 Å². The smallest absolute Gasteiger partial charge is 0.337 e. The van der Waals surface area contributed by atoms with Crippen LogP contribution in [0.2, 0.25) is 5.02 Å². The van der Waals surface area contributed by atoms with Crippen LogP contribution < -0.4 is 5.32 Å². The molecule has 1 heterocycles. The highest BCUT2D eigenvalue weighted by Crippen LogP contribution is 2.22. The van der Waals surface area contributed by atoms with Gasteiger partial charge in [0.2, 0.25) is 0 Å². The molecule has 1 aromatic heterocycles. The fraction of sp³-hybridized carbons (Fsp3) is 0.214. The van der Waals surface area contributed by atoms with Crippen molar-refractivity contribution in [1.82, 2.24) is 0 Å². The molecule has 0 bridgehead atoms. The van der Waals surface area contributed by atoms with Gasteiger partial charge in [-0.15, -0.1) is 11.3 Å². The first kappa shape index (κ1) is 13.9. The molecule has 3 nitrogen and oxygen atoms in total. The van der Waals surface area contributed by atoms with E-state index in [4.69, 9.17) is 16.7 Å². The first-order chi connectivity index (χ1) is 9.06. The number of nitrogens with one attached hydrogen (secondary N) is 1. The third-order valence-electron chi connectivity index (χ3n) is 2.70. The molecule has 1 atom stereocenters. The van der Waals surface area contributed by atoms with Crippen molar-refractivity contribution in [3.05, 3.63) is 51.2 Å². The van der Waals surface area contributed by atoms with Gasteiger partial charge in [-0.2, -0.15) is 0 Å². The molecule has 0 saturated heterocycles. The summed E-state index contributed by atoms with van der Waals surface area (Å²) in [5, 5.41) is 14.5. The maximum atomic E-state index is 10.9. The van der Waals surface area contributed by atoms with E-state index in [1.54, 1.807) is 23.5 Å². The summed E-state index contributed by atoms with van der Waals surface area (Å²) in [6, 6.07) is 9.29. The van der Waals surface area contributed by atoms with E-state index in [2.05, 4.69) is 23.7 Å². The molecule has 2 aromatic rings. The molecule has 1 aromatic carbocycles. The second-order valence-corrected chi connectivity index (χ2v) is 5.77. The molecule has 0 aliphatic heterocycles. The number of carboxylic acid groups (broad SMARTS) is 1. The molecule has 0 aliphatic rings. The van der Waals surface area contributed by atoms with E-state index in [-0.39, 0.29) is 16.6 Å². The van der Waals surface area contributed by atoms with Crippen molar-refractivity contribution in [3.63, 3.8) is 0 Å². The molecular weight excluding hydrogens is 282 g/mol. The Morgan fingerprint density at radius 2 is 2.26 bits per heavy atom. The molecule has 2 rings (SSSR count). The van der Waals surface area contributed by atoms with E-state index < -0.39 is 5.97 Å². The van der Waals surface area contributed by atoms with Crippen molar-refractivity contribution in [3.8, 4) is 0 Å². The van der Waals surface area contributed by atoms with Gasteiger partial charge < -0.3 is 10.4 Å². The Bertz CT molecular complexity index is 569. The zero-order valence-corrected chi connectivity index (χ0v) is 12.0. The average molecular weight is 296 g/mol. The largest absolute Gasteiger partial charge is 0.478 e. The van der Waals surface area contributed by atoms with Crippen LogP contribution in [0.4, 0.5) is 5.69 Å². The summed E-state index contributed by atoms with van der Waals surface area (Å²) in [6.07, 6.45) is 0.927. The topological polar surface area (TPSA) is 49.3 Å². The Hall–Kier alpha value is -1.52. The van der Waals surface area contributed by atoms with Gasteiger partial charge in [0.25, 0.3) is 0 Å². The number of carbonyl (C=O) groups is 1. The second-order valence-electron chi connectivity index (χ2n) is 4.33. The van der Waals surface area contributed by atoms with Crippen molar-refractivity contribution in [2.75, 3.05) is 5.32 Å². The summed E-state index contributed by atoms with van der Waals surface area (Å²) in [7, 11) is 0. The quantitative estimate of drug-likeness (QED) is 0.871. The molecule has 2 N–H and O–H groups in total. The summed E-state index contributed by atoms with van der Waals surface area (Å²) in [6.45, 7) is 2.08. The van der Waals surface area contributed by atoms with Gasteiger partial charge in [0.1, 0.15) is 0 Å². The fourth-order valence-corrected chi connectivity index (χ4v) is 2.94. The van der Waals surface area contributed by atoms with E-state index in [0.29, 0.717) is 0 Å². The van der Waals surface area contributed by atoms with Crippen molar-refractivity contribution in [1.29, 1.82) is 0 Å². The number of halogens is 1. The minimum absolute atomic E-state index is 0.123. The highest BCUT2D eigenvalue weighted by molar-refractivity contribution is 7.09. The van der Waals surface area contributed by atoms with Gasteiger partial charge in [-0.3, -0.25) is 0 Å². The summed E-state index contributed by atoms with van der Waals surface area (Å²) < 4.78 is 0. The van der Waals surface area contributed by atoms with Crippen LogP contribution in [0.15, 0.2) is 35.7 Å². The number of rotatable bonds is 5. The van der Waals surface area contributed by atoms with Gasteiger partial charge in [-0.1, -0.05) is 17.7 Å². The Labute approximate surface area is 120 Å². The monoisotopic (exact) mass is 295 g/mol. The molecule has 0 aliphatic carbocycles. The summed E-state index contributed by atoms with van der Waals surface area (Å²) in [4.78, 5) is 12.2. The number of hydrogen-bond donors (Lipinski definition) is 2. The van der Waals surface area contributed by atoms with Crippen LogP contribution in [-0.2, 0) is 6.42 Å². The van der Waals surface area contributed by atoms with Gasteiger partial charge in [0, 0.05) is 23.0 Å². The van der Waals surface area contributed by atoms with Crippen LogP contribution in [0.25, 0.3) is 0 Å². The van der Waals surface area contributed by atoms with Gasteiger partial charge in [0.05, 0.1) is 10.6 Å². The van der Waals surface area contributed by atoms with Gasteiger partial charge in [-0.05, 0) is 36.6 Å². The Balaban J connectivity index is 2.03. The highest BCUT2D eigenvalue weighted by atomic mass is 35.5. The number of aromatic carboxylic acids is 1. The molecule has 0 saturated carbocycles. The van der Waals surface area contributed by atoms with Gasteiger partial charge in [-0.25, -0.2) is 4.79 Å². The third-order valence-corrected chi connectivity index (χ3v) is 3.91. The molecule has 5 heteroatoms. The SMILES string of the molecule is CC(Cc1cccs1)Nc1ccc(C(=O)O)c(Cl)c1. The lowest BCUT2D eigenvalue weighted by Gasteiger charge is -2.15. The predicted octanol–water partition coefficient (Wildman–Crippen LogP) is 4.14. The summed E-state index contributed by atoms with van der Waals surface area (Å²) >= 11 is 7.66. The van der Waals surface area contributed by atoms with Crippen LogP contribution >= 0.6 is 22.9 Å². The zero-order chi connectivity index (χ0) is 13.8. The molecular formula is C14H14ClNO2S. The zero-order valence-electron chi connectivity index (χ0n) is 10.4. The van der Waals surface area contributed by atoms with E-state index in [9.17, 15) is 4.79 Å². The third kappa shape index (κ3) is 3.72. The summed E-state index contributed by atoms with van der Waals surface area (Å²) in [5.41, 5.74) is 0.956. The van der Waals surface area contributed by atoms with Crippen molar-refractivity contribution in [2.24, 2.45) is 0 Å². The molecule has 0 spiro atoms. The van der Waals surface area contributed by atoms with E-state index >= 15 is 0 Å². The minimum Gasteiger partial charge on any atom is -0.478 e. The standard InChI is InChI=1S/C14H14ClNO2S/c1-9(7-11-3-2-6-19-11)16-10-4-5-12(14(17)18)13(15)8-10/h2-6,8-9,16H,7H2,1H3,(H,17,18). The highest BCUT2D eigenvalue weighted by Gasteiger charge is 2.10. The maximum absolute atomic E-state index is 10.9. The molecule has 19 heavy (non-hydrogen) atoms. The lowest BCUT2D eigenvalue weighted by Crippen LogP contribution is -2.17. The van der Waals surface area contributed by atoms with E-state index in [1.165, 1.54) is 10.9 Å². The van der Waals surface area contributed by atoms with Crippen molar-refractivity contribution >= 4 is 34.6 Å². The maximum Gasteiger partial charge on any atom is 0.337 e. The van der Waals surface area contributed by atoms with Crippen LogP contribution in [-0.4, -0.2) is 17.1 Å². The Morgan fingerprint density at radius 3 is 2.84 bits per heavy atom. The summed E-state index contributed by atoms with van der Waals surface area (Å²) in [5.74, 6) is -1.01. The van der Waals surface area contributed by atoms with Crippen LogP contribution in [0.3, 0.4) is 0 Å². The normalized spacial score (nSPS) is 12.1. The first-order valence-electron chi connectivity index (χ1n) is 5.88. The lowest BCUT2D eigenvalue weighted by molar-refractivity contribution is 0.0697. The Kier molecular flexibility index (Phi) is 4.45. The lowest BCUT2D eigenvalue weighted by atomic mass is 10.1. The average Bonchev–Trinajstić information content (AvgIpc) is 2.81. The Morgan fingerprint density at radius 1 is 1.47 bits per heavy atom. The van der Waals surface area contributed by atoms with Gasteiger partial charge >= 0.3 is 5.97 Å². The first-order valence-corrected chi connectivity index (χ1v) is 7.14. The molecule has 100 valence electrons. The van der Waals surface area contributed by atoms with Crippen LogP contribution in [0, 0.1) is 0 Å². The minimum atomic E-state index is -1.01. The molecule has 1 unspecified atom stereocenters. The van der Waals surface area contributed by atoms with Crippen molar-refractivity contribution < 1.29 is 9.90 Å².